The molecule has 0 aromatic heterocycles. The van der Waals surface area contributed by atoms with Gasteiger partial charge in [0.1, 0.15) is 6.34 Å². The Labute approximate surface area is 74.3 Å². The minimum atomic E-state index is 0.667. The molecule has 1 N–H and O–H groups in total. The molecule has 0 atom stereocenters. The second kappa shape index (κ2) is 2.88. The fraction of sp³-hybridized carbons (Fsp3) is 0. The molecular formula is C8H5N3S. The third kappa shape index (κ3) is 1.15. The molecule has 2 rings (SSSR count). The molecule has 0 bridgehead atoms. The van der Waals surface area contributed by atoms with Gasteiger partial charge in [-0.2, -0.15) is 5.26 Å². The van der Waals surface area contributed by atoms with Gasteiger partial charge in [-0.15, -0.1) is 0 Å². The zero-order valence-corrected chi connectivity index (χ0v) is 6.93. The van der Waals surface area contributed by atoms with Crippen LogP contribution in [0.5, 0.6) is 0 Å². The van der Waals surface area contributed by atoms with E-state index in [1.807, 2.05) is 12.1 Å². The lowest BCUT2D eigenvalue weighted by atomic mass is 10.2. The van der Waals surface area contributed by atoms with Gasteiger partial charge in [-0.1, -0.05) is 0 Å². The first kappa shape index (κ1) is 7.19. The minimum Gasteiger partial charge on any atom is -0.345 e. The molecule has 3 nitrogen and oxygen atoms in total. The van der Waals surface area contributed by atoms with E-state index in [-0.39, 0.29) is 0 Å². The zero-order valence-electron chi connectivity index (χ0n) is 6.11. The Hall–Kier alpha value is -1.47. The first-order valence-corrected chi connectivity index (χ1v) is 4.17. The van der Waals surface area contributed by atoms with Gasteiger partial charge < -0.3 is 5.32 Å². The third-order valence-electron chi connectivity index (χ3n) is 1.53. The largest absolute Gasteiger partial charge is 0.345 e. The van der Waals surface area contributed by atoms with Gasteiger partial charge in [0, 0.05) is 11.9 Å². The number of nitrogens with one attached hydrogen (secondary N) is 1. The molecule has 1 heterocycles. The number of hydrogen-bond acceptors (Lipinski definition) is 4. The monoisotopic (exact) mass is 175 g/mol. The van der Waals surface area contributed by atoms with E-state index in [2.05, 4.69) is 15.8 Å². The normalized spacial score (nSPS) is 12.9. The lowest BCUT2D eigenvalue weighted by molar-refractivity contribution is 1.39. The highest BCUT2D eigenvalue weighted by Gasteiger charge is 2.06. The van der Waals surface area contributed by atoms with Crippen molar-refractivity contribution in [3.8, 4) is 6.07 Å². The van der Waals surface area contributed by atoms with Crippen molar-refractivity contribution in [3.63, 3.8) is 0 Å². The van der Waals surface area contributed by atoms with E-state index < -0.39 is 0 Å². The molecule has 0 fully saturated rings. The summed E-state index contributed by atoms with van der Waals surface area (Å²) in [7, 11) is 0. The molecular weight excluding hydrogens is 170 g/mol. The number of benzene rings is 1. The van der Waals surface area contributed by atoms with Crippen molar-refractivity contribution in [1.82, 2.24) is 0 Å². The Morgan fingerprint density at radius 1 is 1.50 bits per heavy atom. The van der Waals surface area contributed by atoms with E-state index in [4.69, 9.17) is 5.26 Å². The molecule has 58 valence electrons. The van der Waals surface area contributed by atoms with Crippen LogP contribution in [0.1, 0.15) is 5.56 Å². The summed E-state index contributed by atoms with van der Waals surface area (Å²) in [4.78, 5) is 0.997. The Balaban J connectivity index is 2.48. The number of hydrogen-bond donors (Lipinski definition) is 1. The second-order valence-corrected chi connectivity index (χ2v) is 3.13. The van der Waals surface area contributed by atoms with Crippen LogP contribution in [0.3, 0.4) is 0 Å². The summed E-state index contributed by atoms with van der Waals surface area (Å²) < 4.78 is 3.96. The van der Waals surface area contributed by atoms with E-state index >= 15 is 0 Å². The first-order valence-electron chi connectivity index (χ1n) is 3.40. The Morgan fingerprint density at radius 2 is 2.42 bits per heavy atom. The highest BCUT2D eigenvalue weighted by atomic mass is 32.2. The van der Waals surface area contributed by atoms with Crippen LogP contribution in [0.25, 0.3) is 0 Å². The molecule has 12 heavy (non-hydrogen) atoms. The van der Waals surface area contributed by atoms with E-state index in [1.54, 1.807) is 12.4 Å². The average Bonchev–Trinajstić information content (AvgIpc) is 2.17. The summed E-state index contributed by atoms with van der Waals surface area (Å²) in [6.45, 7) is 0. The SMILES string of the molecule is N#Cc1ccc2c(c1)SN=CN2. The third-order valence-corrected chi connectivity index (χ3v) is 2.28. The van der Waals surface area contributed by atoms with E-state index in [0.29, 0.717) is 5.56 Å². The van der Waals surface area contributed by atoms with Crippen LogP contribution in [0.4, 0.5) is 5.69 Å². The summed E-state index contributed by atoms with van der Waals surface area (Å²) in [6.07, 6.45) is 1.64. The van der Waals surface area contributed by atoms with Gasteiger partial charge in [-0.05, 0) is 18.2 Å². The zero-order chi connectivity index (χ0) is 8.39. The summed E-state index contributed by atoms with van der Waals surface area (Å²) in [5.41, 5.74) is 1.68. The Morgan fingerprint density at radius 3 is 3.25 bits per heavy atom. The fourth-order valence-electron chi connectivity index (χ4n) is 0.966. The van der Waals surface area contributed by atoms with Crippen molar-refractivity contribution >= 4 is 24.0 Å². The molecule has 0 aliphatic carbocycles. The van der Waals surface area contributed by atoms with Crippen molar-refractivity contribution in [2.75, 3.05) is 5.32 Å². The summed E-state index contributed by atoms with van der Waals surface area (Å²) in [5.74, 6) is 0. The van der Waals surface area contributed by atoms with E-state index in [0.717, 1.165) is 10.6 Å². The molecule has 1 aliphatic heterocycles. The standard InChI is InChI=1S/C8H5N3S/c9-4-6-1-2-7-8(3-6)12-11-5-10-7/h1-3,5H,(H,10,11). The van der Waals surface area contributed by atoms with Crippen LogP contribution in [0, 0.1) is 11.3 Å². The van der Waals surface area contributed by atoms with Gasteiger partial charge >= 0.3 is 0 Å². The summed E-state index contributed by atoms with van der Waals surface area (Å²) in [6, 6.07) is 7.57. The van der Waals surface area contributed by atoms with Crippen molar-refractivity contribution in [2.45, 2.75) is 4.90 Å². The summed E-state index contributed by atoms with van der Waals surface area (Å²) in [5, 5.41) is 11.6. The van der Waals surface area contributed by atoms with E-state index in [1.165, 1.54) is 11.9 Å². The van der Waals surface area contributed by atoms with Gasteiger partial charge in [0.25, 0.3) is 0 Å². The lowest BCUT2D eigenvalue weighted by Gasteiger charge is -2.09. The fourth-order valence-corrected chi connectivity index (χ4v) is 1.59. The quantitative estimate of drug-likeness (QED) is 0.613. The van der Waals surface area contributed by atoms with Gasteiger partial charge in [0.05, 0.1) is 22.2 Å². The first-order chi connectivity index (χ1) is 5.90. The predicted octanol–water partition coefficient (Wildman–Crippen LogP) is 2.02. The molecule has 0 spiro atoms. The van der Waals surface area contributed by atoms with Crippen LogP contribution in [-0.4, -0.2) is 6.34 Å². The summed E-state index contributed by atoms with van der Waals surface area (Å²) >= 11 is 1.37. The number of rotatable bonds is 0. The van der Waals surface area contributed by atoms with Gasteiger partial charge in [0.2, 0.25) is 0 Å². The minimum absolute atomic E-state index is 0.667. The molecule has 0 saturated heterocycles. The maximum atomic E-state index is 8.62. The lowest BCUT2D eigenvalue weighted by Crippen LogP contribution is -1.99. The maximum absolute atomic E-state index is 8.62. The molecule has 1 aromatic carbocycles. The van der Waals surface area contributed by atoms with Crippen LogP contribution in [-0.2, 0) is 0 Å². The van der Waals surface area contributed by atoms with Crippen molar-refractivity contribution in [3.05, 3.63) is 23.8 Å². The Bertz CT molecular complexity index is 378. The smallest absolute Gasteiger partial charge is 0.101 e. The number of anilines is 1. The molecule has 0 radical (unpaired) electrons. The van der Waals surface area contributed by atoms with Crippen LogP contribution in [0.2, 0.25) is 0 Å². The topological polar surface area (TPSA) is 48.2 Å². The van der Waals surface area contributed by atoms with Gasteiger partial charge in [-0.3, -0.25) is 0 Å². The second-order valence-electron chi connectivity index (χ2n) is 2.29. The molecule has 0 amide bonds. The molecule has 1 aromatic rings. The highest BCUT2D eigenvalue weighted by molar-refractivity contribution is 7.98. The van der Waals surface area contributed by atoms with Crippen LogP contribution >= 0.6 is 11.9 Å². The molecule has 0 unspecified atom stereocenters. The molecule has 0 saturated carbocycles. The average molecular weight is 175 g/mol. The number of fused-ring (bicyclic) bond motifs is 1. The van der Waals surface area contributed by atoms with Gasteiger partial charge in [-0.25, -0.2) is 4.40 Å². The van der Waals surface area contributed by atoms with Crippen molar-refractivity contribution < 1.29 is 0 Å². The Kier molecular flexibility index (Phi) is 1.72. The van der Waals surface area contributed by atoms with Gasteiger partial charge in [0.15, 0.2) is 0 Å². The molecule has 4 heteroatoms. The number of nitrogens with zero attached hydrogens (tertiary/aromatic N) is 2. The van der Waals surface area contributed by atoms with E-state index in [9.17, 15) is 0 Å². The molecule has 1 aliphatic rings. The van der Waals surface area contributed by atoms with Crippen molar-refractivity contribution in [2.24, 2.45) is 4.40 Å². The maximum Gasteiger partial charge on any atom is 0.101 e. The van der Waals surface area contributed by atoms with Crippen LogP contribution < -0.4 is 5.32 Å². The predicted molar refractivity (Wildman–Crippen MR) is 49.1 cm³/mol. The number of nitriles is 1. The highest BCUT2D eigenvalue weighted by Crippen LogP contribution is 2.30. The van der Waals surface area contributed by atoms with Crippen molar-refractivity contribution in [1.29, 1.82) is 5.26 Å². The van der Waals surface area contributed by atoms with Crippen LogP contribution in [0.15, 0.2) is 27.5 Å².